The lowest BCUT2D eigenvalue weighted by atomic mass is 10.1. The Morgan fingerprint density at radius 1 is 1.33 bits per heavy atom. The van der Waals surface area contributed by atoms with Crippen molar-refractivity contribution in [1.82, 2.24) is 0 Å². The van der Waals surface area contributed by atoms with Crippen molar-refractivity contribution in [3.05, 3.63) is 24.3 Å². The molecule has 4 nitrogen and oxygen atoms in total. The summed E-state index contributed by atoms with van der Waals surface area (Å²) in [6.07, 6.45) is 0.425. The van der Waals surface area contributed by atoms with Gasteiger partial charge in [-0.05, 0) is 32.9 Å². The maximum atomic E-state index is 12.3. The van der Waals surface area contributed by atoms with Gasteiger partial charge in [-0.15, -0.1) is 0 Å². The Labute approximate surface area is 130 Å². The predicted molar refractivity (Wildman–Crippen MR) is 88.8 cm³/mol. The van der Waals surface area contributed by atoms with E-state index < -0.39 is 0 Å². The van der Waals surface area contributed by atoms with Crippen LogP contribution in [0.4, 0.5) is 11.4 Å². The Bertz CT molecular complexity index is 551. The van der Waals surface area contributed by atoms with Gasteiger partial charge in [-0.1, -0.05) is 23.9 Å². The van der Waals surface area contributed by atoms with E-state index in [9.17, 15) is 9.59 Å². The van der Waals surface area contributed by atoms with E-state index in [2.05, 4.69) is 26.1 Å². The van der Waals surface area contributed by atoms with Gasteiger partial charge in [0.25, 0.3) is 0 Å². The molecule has 1 aromatic carbocycles. The summed E-state index contributed by atoms with van der Waals surface area (Å²) in [5.74, 6) is 0.0805. The quantitative estimate of drug-likeness (QED) is 0.931. The van der Waals surface area contributed by atoms with Crippen LogP contribution >= 0.6 is 11.8 Å². The van der Waals surface area contributed by atoms with Gasteiger partial charge in [-0.25, -0.2) is 0 Å². The molecule has 1 fully saturated rings. The lowest BCUT2D eigenvalue weighted by molar-refractivity contribution is -0.117. The van der Waals surface area contributed by atoms with E-state index in [1.54, 1.807) is 11.8 Å². The number of nitrogens with zero attached hydrogens (tertiary/aromatic N) is 1. The molecular formula is C16H22N2O2S. The topological polar surface area (TPSA) is 49.4 Å². The molecule has 1 unspecified atom stereocenters. The lowest BCUT2D eigenvalue weighted by Crippen LogP contribution is -2.30. The smallest absolute Gasteiger partial charge is 0.228 e. The number of amides is 1. The van der Waals surface area contributed by atoms with Gasteiger partial charge < -0.3 is 10.2 Å². The zero-order valence-corrected chi connectivity index (χ0v) is 13.8. The normalized spacial score (nSPS) is 19.0. The molecule has 1 N–H and O–H groups in total. The Morgan fingerprint density at radius 2 is 2.00 bits per heavy atom. The molecule has 1 atom stereocenters. The third kappa shape index (κ3) is 4.24. The van der Waals surface area contributed by atoms with Gasteiger partial charge in [0.05, 0.1) is 11.4 Å². The lowest BCUT2D eigenvalue weighted by Gasteiger charge is -2.27. The molecule has 2 rings (SSSR count). The van der Waals surface area contributed by atoms with Crippen LogP contribution in [0.1, 0.15) is 34.1 Å². The zero-order valence-electron chi connectivity index (χ0n) is 13.0. The average Bonchev–Trinajstić information content (AvgIpc) is 2.67. The van der Waals surface area contributed by atoms with E-state index in [1.165, 1.54) is 11.8 Å². The van der Waals surface area contributed by atoms with Crippen molar-refractivity contribution in [1.29, 1.82) is 0 Å². The van der Waals surface area contributed by atoms with E-state index in [1.807, 2.05) is 24.3 Å². The molecule has 0 bridgehead atoms. The van der Waals surface area contributed by atoms with Gasteiger partial charge in [-0.2, -0.15) is 0 Å². The first kappa shape index (κ1) is 15.9. The summed E-state index contributed by atoms with van der Waals surface area (Å²) < 4.78 is 0. The van der Waals surface area contributed by atoms with Crippen molar-refractivity contribution in [2.24, 2.45) is 0 Å². The first-order valence-electron chi connectivity index (χ1n) is 7.11. The molecule has 0 spiro atoms. The van der Waals surface area contributed by atoms with Crippen LogP contribution in [0.15, 0.2) is 24.3 Å². The number of hydrogen-bond acceptors (Lipinski definition) is 4. The number of anilines is 2. The van der Waals surface area contributed by atoms with Crippen LogP contribution in [0.3, 0.4) is 0 Å². The number of nitrogens with one attached hydrogen (secondary N) is 1. The number of para-hydroxylation sites is 2. The van der Waals surface area contributed by atoms with E-state index in [0.717, 1.165) is 11.4 Å². The summed E-state index contributed by atoms with van der Waals surface area (Å²) in [4.78, 5) is 25.3. The second-order valence-corrected chi connectivity index (χ2v) is 7.81. The van der Waals surface area contributed by atoms with E-state index >= 15 is 0 Å². The largest absolute Gasteiger partial charge is 0.379 e. The molecule has 0 aliphatic carbocycles. The second kappa shape index (κ2) is 6.10. The van der Waals surface area contributed by atoms with Gasteiger partial charge in [-0.3, -0.25) is 9.59 Å². The highest BCUT2D eigenvalue weighted by Crippen LogP contribution is 2.34. The molecule has 0 aromatic heterocycles. The highest BCUT2D eigenvalue weighted by Gasteiger charge is 2.33. The standard InChI is InChI=1S/C16H22N2O2S/c1-11(19)21-12-9-15(20)18(10-12)14-8-6-5-7-13(14)17-16(2,3)4/h5-8,12,17H,9-10H2,1-4H3. The van der Waals surface area contributed by atoms with Crippen LogP contribution in [0.25, 0.3) is 0 Å². The van der Waals surface area contributed by atoms with Crippen molar-refractivity contribution < 1.29 is 9.59 Å². The van der Waals surface area contributed by atoms with Crippen molar-refractivity contribution in [3.63, 3.8) is 0 Å². The molecule has 0 radical (unpaired) electrons. The molecule has 0 saturated carbocycles. The molecule has 21 heavy (non-hydrogen) atoms. The third-order valence-corrected chi connectivity index (χ3v) is 4.11. The van der Waals surface area contributed by atoms with Crippen molar-refractivity contribution in [3.8, 4) is 0 Å². The minimum absolute atomic E-state index is 0.0534. The second-order valence-electron chi connectivity index (χ2n) is 6.33. The number of hydrogen-bond donors (Lipinski definition) is 1. The first-order valence-corrected chi connectivity index (χ1v) is 7.99. The fourth-order valence-corrected chi connectivity index (χ4v) is 3.36. The zero-order chi connectivity index (χ0) is 15.6. The van der Waals surface area contributed by atoms with Gasteiger partial charge in [0.1, 0.15) is 0 Å². The summed E-state index contributed by atoms with van der Waals surface area (Å²) in [6.45, 7) is 8.40. The Morgan fingerprint density at radius 3 is 2.62 bits per heavy atom. The SMILES string of the molecule is CC(=O)SC1CC(=O)N(c2ccccc2NC(C)(C)C)C1. The van der Waals surface area contributed by atoms with Gasteiger partial charge in [0.2, 0.25) is 5.91 Å². The van der Waals surface area contributed by atoms with Crippen molar-refractivity contribution in [2.45, 2.75) is 44.9 Å². The summed E-state index contributed by atoms with van der Waals surface area (Å²) in [6, 6.07) is 7.83. The number of rotatable bonds is 3. The van der Waals surface area contributed by atoms with Crippen LogP contribution in [-0.2, 0) is 9.59 Å². The van der Waals surface area contributed by atoms with Crippen LogP contribution in [-0.4, -0.2) is 28.4 Å². The number of carbonyl (C=O) groups excluding carboxylic acids is 2. The molecule has 114 valence electrons. The molecular weight excluding hydrogens is 284 g/mol. The number of carbonyl (C=O) groups is 2. The number of thioether (sulfide) groups is 1. The highest BCUT2D eigenvalue weighted by molar-refractivity contribution is 8.14. The Kier molecular flexibility index (Phi) is 4.61. The summed E-state index contributed by atoms with van der Waals surface area (Å²) in [5, 5.41) is 3.55. The maximum absolute atomic E-state index is 12.3. The average molecular weight is 306 g/mol. The minimum Gasteiger partial charge on any atom is -0.379 e. The molecule has 1 saturated heterocycles. The van der Waals surface area contributed by atoms with Crippen LogP contribution < -0.4 is 10.2 Å². The molecule has 1 aliphatic rings. The highest BCUT2D eigenvalue weighted by atomic mass is 32.2. The van der Waals surface area contributed by atoms with Gasteiger partial charge >= 0.3 is 0 Å². The maximum Gasteiger partial charge on any atom is 0.228 e. The number of benzene rings is 1. The van der Waals surface area contributed by atoms with Crippen LogP contribution in [0, 0.1) is 0 Å². The van der Waals surface area contributed by atoms with Gasteiger partial charge in [0.15, 0.2) is 5.12 Å². The van der Waals surface area contributed by atoms with Gasteiger partial charge in [0, 0.05) is 30.7 Å². The summed E-state index contributed by atoms with van der Waals surface area (Å²) >= 11 is 1.26. The molecule has 1 aliphatic heterocycles. The first-order chi connectivity index (χ1) is 9.76. The van der Waals surface area contributed by atoms with E-state index in [4.69, 9.17) is 0 Å². The molecule has 1 aromatic rings. The summed E-state index contributed by atoms with van der Waals surface area (Å²) in [7, 11) is 0. The predicted octanol–water partition coefficient (Wildman–Crippen LogP) is 3.28. The minimum atomic E-state index is -0.0770. The van der Waals surface area contributed by atoms with Crippen LogP contribution in [0.2, 0.25) is 0 Å². The third-order valence-electron chi connectivity index (χ3n) is 3.13. The Hall–Kier alpha value is -1.49. The summed E-state index contributed by atoms with van der Waals surface area (Å²) in [5.41, 5.74) is 1.77. The fraction of sp³-hybridized carbons (Fsp3) is 0.500. The molecule has 5 heteroatoms. The molecule has 1 heterocycles. The van der Waals surface area contributed by atoms with E-state index in [0.29, 0.717) is 13.0 Å². The van der Waals surface area contributed by atoms with Crippen molar-refractivity contribution >= 4 is 34.2 Å². The fourth-order valence-electron chi connectivity index (χ4n) is 2.44. The monoisotopic (exact) mass is 306 g/mol. The van der Waals surface area contributed by atoms with Crippen LogP contribution in [0.5, 0.6) is 0 Å². The molecule has 1 amide bonds. The van der Waals surface area contributed by atoms with E-state index in [-0.39, 0.29) is 21.8 Å². The Balaban J connectivity index is 2.22. The van der Waals surface area contributed by atoms with Crippen molar-refractivity contribution in [2.75, 3.05) is 16.8 Å².